The van der Waals surface area contributed by atoms with Gasteiger partial charge in [-0.3, -0.25) is 0 Å². The van der Waals surface area contributed by atoms with Crippen LogP contribution in [0.15, 0.2) is 12.2 Å². The Morgan fingerprint density at radius 3 is 1.25 bits per heavy atom. The van der Waals surface area contributed by atoms with Gasteiger partial charge in [-0.05, 0) is 38.5 Å². The van der Waals surface area contributed by atoms with E-state index in [1.165, 1.54) is 0 Å². The van der Waals surface area contributed by atoms with Gasteiger partial charge in [0.1, 0.15) is 12.7 Å². The van der Waals surface area contributed by atoms with Crippen molar-refractivity contribution in [2.24, 2.45) is 0 Å². The highest BCUT2D eigenvalue weighted by atomic mass is 16.6. The molecule has 2 N–H and O–H groups in total. The van der Waals surface area contributed by atoms with Crippen LogP contribution in [0.1, 0.15) is 38.5 Å². The molecular weight excluding hydrogens is 702 g/mol. The molecule has 0 aromatic carbocycles. The van der Waals surface area contributed by atoms with Crippen molar-refractivity contribution < 1.29 is 76.3 Å². The van der Waals surface area contributed by atoms with Crippen molar-refractivity contribution in [3.63, 3.8) is 0 Å². The molecular formula is C36H67NO16. The van der Waals surface area contributed by atoms with Gasteiger partial charge in [0.2, 0.25) is 0 Å². The van der Waals surface area contributed by atoms with E-state index >= 15 is 0 Å². The second-order valence-corrected chi connectivity index (χ2v) is 11.5. The van der Waals surface area contributed by atoms with E-state index in [0.717, 1.165) is 38.5 Å². The second-order valence-electron chi connectivity index (χ2n) is 11.5. The highest BCUT2D eigenvalue weighted by Crippen LogP contribution is 2.15. The maximum absolute atomic E-state index is 11.9. The molecule has 0 bridgehead atoms. The van der Waals surface area contributed by atoms with Crippen molar-refractivity contribution in [3.05, 3.63) is 12.2 Å². The van der Waals surface area contributed by atoms with E-state index in [1.54, 1.807) is 0 Å². The van der Waals surface area contributed by atoms with E-state index in [1.807, 2.05) is 0 Å². The van der Waals surface area contributed by atoms with Crippen molar-refractivity contribution >= 4 is 12.1 Å². The van der Waals surface area contributed by atoms with Crippen molar-refractivity contribution in [2.75, 3.05) is 165 Å². The number of carbonyl (C=O) groups excluding carboxylic acids is 1. The van der Waals surface area contributed by atoms with Crippen molar-refractivity contribution in [3.8, 4) is 0 Å². The molecule has 0 aromatic rings. The van der Waals surface area contributed by atoms with Gasteiger partial charge in [0, 0.05) is 19.8 Å². The van der Waals surface area contributed by atoms with E-state index in [4.69, 9.17) is 66.7 Å². The summed E-state index contributed by atoms with van der Waals surface area (Å²) in [6, 6.07) is 0. The highest BCUT2D eigenvalue weighted by Gasteiger charge is 2.14. The molecule has 0 saturated carbocycles. The van der Waals surface area contributed by atoms with Crippen LogP contribution < -0.4 is 5.32 Å². The summed E-state index contributed by atoms with van der Waals surface area (Å²) < 4.78 is 70.4. The van der Waals surface area contributed by atoms with Crippen LogP contribution in [0, 0.1) is 0 Å². The van der Waals surface area contributed by atoms with Gasteiger partial charge in [-0.15, -0.1) is 0 Å². The predicted octanol–water partition coefficient (Wildman–Crippen LogP) is 2.28. The lowest BCUT2D eigenvalue weighted by molar-refractivity contribution is -0.142. The first kappa shape index (κ1) is 49.0. The number of allylic oxidation sites excluding steroid dienone is 2. The van der Waals surface area contributed by atoms with Gasteiger partial charge in [0.05, 0.1) is 139 Å². The number of ether oxygens (including phenoxy) is 13. The first-order valence-electron chi connectivity index (χ1n) is 18.9. The summed E-state index contributed by atoms with van der Waals surface area (Å²) in [4.78, 5) is 22.2. The zero-order chi connectivity index (χ0) is 38.0. The fourth-order valence-electron chi connectivity index (χ4n) is 4.39. The summed E-state index contributed by atoms with van der Waals surface area (Å²) in [6.07, 6.45) is 9.52. The quantitative estimate of drug-likeness (QED) is 0.0682. The zero-order valence-electron chi connectivity index (χ0n) is 31.7. The van der Waals surface area contributed by atoms with Gasteiger partial charge in [-0.25, -0.2) is 9.59 Å². The summed E-state index contributed by atoms with van der Waals surface area (Å²) >= 11 is 0. The first-order valence-corrected chi connectivity index (χ1v) is 18.9. The number of carbonyl (C=O) groups is 2. The first-order chi connectivity index (χ1) is 26.2. The monoisotopic (exact) mass is 769 g/mol. The molecule has 1 aliphatic rings. The molecule has 0 fully saturated rings. The van der Waals surface area contributed by atoms with Gasteiger partial charge in [0.25, 0.3) is 0 Å². The van der Waals surface area contributed by atoms with Gasteiger partial charge in [0.15, 0.2) is 0 Å². The molecule has 0 heterocycles. The Balaban J connectivity index is 1.64. The van der Waals surface area contributed by atoms with E-state index in [2.05, 4.69) is 17.5 Å². The van der Waals surface area contributed by atoms with Crippen molar-refractivity contribution in [1.29, 1.82) is 0 Å². The second kappa shape index (κ2) is 41.2. The van der Waals surface area contributed by atoms with Crippen LogP contribution in [0.5, 0.6) is 0 Å². The summed E-state index contributed by atoms with van der Waals surface area (Å²) in [5, 5.41) is 11.2. The minimum atomic E-state index is -0.989. The molecule has 0 radical (unpaired) electrons. The number of hydrogen-bond acceptors (Lipinski definition) is 15. The lowest BCUT2D eigenvalue weighted by Crippen LogP contribution is -2.31. The molecule has 1 rings (SSSR count). The number of nitrogens with one attached hydrogen (secondary N) is 1. The summed E-state index contributed by atoms with van der Waals surface area (Å²) in [7, 11) is 0. The maximum Gasteiger partial charge on any atom is 0.407 e. The number of carboxylic acids is 1. The molecule has 17 nitrogen and oxygen atoms in total. The Labute approximate surface area is 315 Å². The molecule has 53 heavy (non-hydrogen) atoms. The number of rotatable bonds is 40. The fourth-order valence-corrected chi connectivity index (χ4v) is 4.39. The molecule has 0 aliphatic heterocycles. The molecule has 0 saturated heterocycles. The molecule has 1 aliphatic carbocycles. The van der Waals surface area contributed by atoms with Crippen LogP contribution in [-0.4, -0.2) is 188 Å². The number of aliphatic carboxylic acids is 1. The fraction of sp³-hybridized carbons (Fsp3) is 0.889. The minimum Gasteiger partial charge on any atom is -0.480 e. The Morgan fingerprint density at radius 2 is 0.830 bits per heavy atom. The minimum absolute atomic E-state index is 0.0123. The molecule has 17 heteroatoms. The average molecular weight is 770 g/mol. The van der Waals surface area contributed by atoms with Crippen LogP contribution in [0.4, 0.5) is 4.79 Å². The SMILES string of the molecule is O=C(O)COCCOCCCOCCOCCOCCOCCOCCOCCOCCOCCOCCOCCNC(=O)OC1CCC=CCCC1. The highest BCUT2D eigenvalue weighted by molar-refractivity contribution is 5.68. The smallest absolute Gasteiger partial charge is 0.407 e. The van der Waals surface area contributed by atoms with Crippen molar-refractivity contribution in [1.82, 2.24) is 5.32 Å². The third kappa shape index (κ3) is 39.5. The van der Waals surface area contributed by atoms with Crippen molar-refractivity contribution in [2.45, 2.75) is 44.6 Å². The van der Waals surface area contributed by atoms with Crippen LogP contribution in [-0.2, 0) is 66.4 Å². The number of hydrogen-bond donors (Lipinski definition) is 2. The Hall–Kier alpha value is -2.00. The molecule has 1 atom stereocenters. The maximum atomic E-state index is 11.9. The normalized spacial score (nSPS) is 14.6. The van der Waals surface area contributed by atoms with E-state index in [0.29, 0.717) is 152 Å². The molecule has 312 valence electrons. The topological polar surface area (TPSA) is 186 Å². The molecule has 0 spiro atoms. The zero-order valence-corrected chi connectivity index (χ0v) is 31.7. The van der Waals surface area contributed by atoms with E-state index in [9.17, 15) is 9.59 Å². The third-order valence-electron chi connectivity index (χ3n) is 7.03. The van der Waals surface area contributed by atoms with Gasteiger partial charge in [-0.2, -0.15) is 0 Å². The number of amides is 1. The average Bonchev–Trinajstić information content (AvgIpc) is 3.13. The summed E-state index contributed by atoms with van der Waals surface area (Å²) in [5.41, 5.74) is 0. The Bertz CT molecular complexity index is 824. The largest absolute Gasteiger partial charge is 0.480 e. The Morgan fingerprint density at radius 1 is 0.472 bits per heavy atom. The predicted molar refractivity (Wildman–Crippen MR) is 193 cm³/mol. The number of alkyl carbamates (subject to hydrolysis) is 1. The molecule has 1 unspecified atom stereocenters. The van der Waals surface area contributed by atoms with Gasteiger partial charge >= 0.3 is 12.1 Å². The molecule has 0 aromatic heterocycles. The number of carboxylic acid groups (broad SMARTS) is 1. The Kier molecular flexibility index (Phi) is 38.1. The van der Waals surface area contributed by atoms with Crippen LogP contribution in [0.25, 0.3) is 0 Å². The lowest BCUT2D eigenvalue weighted by atomic mass is 10.0. The van der Waals surface area contributed by atoms with Gasteiger partial charge < -0.3 is 72.0 Å². The molecule has 1 amide bonds. The summed E-state index contributed by atoms with van der Waals surface area (Å²) in [5.74, 6) is -0.989. The van der Waals surface area contributed by atoms with E-state index < -0.39 is 5.97 Å². The van der Waals surface area contributed by atoms with Crippen LogP contribution >= 0.6 is 0 Å². The van der Waals surface area contributed by atoms with Gasteiger partial charge in [-0.1, -0.05) is 12.2 Å². The van der Waals surface area contributed by atoms with Crippen LogP contribution in [0.3, 0.4) is 0 Å². The lowest BCUT2D eigenvalue weighted by Gasteiger charge is -2.18. The standard InChI is InChI=1S/C36H67NO16/c38-35(39)33-52-32-31-42-11-6-10-41-13-15-44-17-19-46-21-23-48-25-27-50-29-30-51-28-26-49-24-22-47-20-18-45-16-14-43-12-9-37-36(40)53-34-7-4-2-1-3-5-8-34/h1-2,34H,3-33H2,(H,37,40)(H,38,39). The van der Waals surface area contributed by atoms with E-state index in [-0.39, 0.29) is 25.4 Å². The van der Waals surface area contributed by atoms with Crippen LogP contribution in [0.2, 0.25) is 0 Å². The summed E-state index contributed by atoms with van der Waals surface area (Å²) in [6.45, 7) is 10.9. The third-order valence-corrected chi connectivity index (χ3v) is 7.03.